The fourth-order valence-electron chi connectivity index (χ4n) is 0.902. The van der Waals surface area contributed by atoms with Crippen LogP contribution in [-0.4, -0.2) is 23.7 Å². The van der Waals surface area contributed by atoms with Crippen molar-refractivity contribution in [3.63, 3.8) is 0 Å². The molecule has 0 rings (SSSR count). The molecule has 1 unspecified atom stereocenters. The van der Waals surface area contributed by atoms with Gasteiger partial charge in [-0.15, -0.1) is 6.58 Å². The number of carboxylic acids is 1. The molecule has 0 spiro atoms. The largest absolute Gasteiger partial charge is 0.480 e. The third-order valence-electron chi connectivity index (χ3n) is 1.49. The van der Waals surface area contributed by atoms with Crippen molar-refractivity contribution in [2.24, 2.45) is 5.73 Å². The number of nitrogens with one attached hydrogen (secondary N) is 1. The van der Waals surface area contributed by atoms with E-state index in [9.17, 15) is 4.79 Å². The summed E-state index contributed by atoms with van der Waals surface area (Å²) in [5, 5.41) is 11.5. The highest BCUT2D eigenvalue weighted by Gasteiger charge is 2.17. The fraction of sp³-hybridized carbons (Fsp3) is 0.444. The highest BCUT2D eigenvalue weighted by Crippen LogP contribution is 1.97. The van der Waals surface area contributed by atoms with Crippen LogP contribution in [0.2, 0.25) is 0 Å². The molecule has 0 aliphatic carbocycles. The first kappa shape index (κ1) is 11.7. The second kappa shape index (κ2) is 6.25. The van der Waals surface area contributed by atoms with Crippen molar-refractivity contribution in [2.45, 2.75) is 19.4 Å². The van der Waals surface area contributed by atoms with E-state index in [1.807, 2.05) is 6.92 Å². The molecule has 0 heterocycles. The van der Waals surface area contributed by atoms with Crippen molar-refractivity contribution < 1.29 is 9.90 Å². The van der Waals surface area contributed by atoms with E-state index in [0.717, 1.165) is 6.42 Å². The molecule has 0 saturated carbocycles. The van der Waals surface area contributed by atoms with E-state index >= 15 is 0 Å². The van der Waals surface area contributed by atoms with Crippen LogP contribution in [0.5, 0.6) is 0 Å². The molecule has 0 aliphatic rings. The number of carbonyl (C=O) groups is 1. The van der Waals surface area contributed by atoms with Gasteiger partial charge in [-0.25, -0.2) is 0 Å². The first-order chi connectivity index (χ1) is 6.13. The summed E-state index contributed by atoms with van der Waals surface area (Å²) in [6, 6.07) is -0.807. The first-order valence-corrected chi connectivity index (χ1v) is 4.16. The van der Waals surface area contributed by atoms with Crippen molar-refractivity contribution >= 4 is 5.97 Å². The third-order valence-corrected chi connectivity index (χ3v) is 1.49. The average molecular weight is 184 g/mol. The summed E-state index contributed by atoms with van der Waals surface area (Å²) in [4.78, 5) is 10.7. The van der Waals surface area contributed by atoms with E-state index in [4.69, 9.17) is 10.8 Å². The number of rotatable bonds is 6. The molecule has 4 nitrogen and oxygen atoms in total. The molecule has 0 bridgehead atoms. The molecule has 0 fully saturated rings. The van der Waals surface area contributed by atoms with E-state index in [1.54, 1.807) is 12.2 Å². The Bertz CT molecular complexity index is 212. The lowest BCUT2D eigenvalue weighted by Crippen LogP contribution is -2.41. The highest BCUT2D eigenvalue weighted by atomic mass is 16.4. The van der Waals surface area contributed by atoms with Gasteiger partial charge in [0.15, 0.2) is 0 Å². The van der Waals surface area contributed by atoms with Gasteiger partial charge in [-0.3, -0.25) is 10.1 Å². The van der Waals surface area contributed by atoms with E-state index in [2.05, 4.69) is 11.9 Å². The second-order valence-corrected chi connectivity index (χ2v) is 2.58. The van der Waals surface area contributed by atoms with E-state index < -0.39 is 12.0 Å². The summed E-state index contributed by atoms with van der Waals surface area (Å²) in [5.41, 5.74) is 5.90. The molecule has 0 saturated heterocycles. The minimum absolute atomic E-state index is 0.344. The van der Waals surface area contributed by atoms with E-state index in [-0.39, 0.29) is 0 Å². The standard InChI is InChI=1S/C9H16N2O2/c1-3-5-7(10)8(9(12)13)11-6-4-2/h4-5,8,11H,2-3,6,10H2,1H3,(H,12,13). The summed E-state index contributed by atoms with van der Waals surface area (Å²) < 4.78 is 0. The molecule has 13 heavy (non-hydrogen) atoms. The molecule has 74 valence electrons. The Hall–Kier alpha value is -1.29. The summed E-state index contributed by atoms with van der Waals surface area (Å²) in [6.07, 6.45) is 4.01. The lowest BCUT2D eigenvalue weighted by atomic mass is 10.2. The Kier molecular flexibility index (Phi) is 5.63. The summed E-state index contributed by atoms with van der Waals surface area (Å²) >= 11 is 0. The molecule has 0 aliphatic heterocycles. The smallest absolute Gasteiger partial charge is 0.326 e. The molecule has 4 heteroatoms. The van der Waals surface area contributed by atoms with Gasteiger partial charge in [-0.1, -0.05) is 19.1 Å². The molecular formula is C9H16N2O2. The SMILES string of the molecule is C=CCNC(C(=O)O)C(N)=CCC. The number of aliphatic carboxylic acids is 1. The summed E-state index contributed by atoms with van der Waals surface area (Å²) in [5.74, 6) is -0.968. The minimum Gasteiger partial charge on any atom is -0.480 e. The van der Waals surface area contributed by atoms with Crippen LogP contribution >= 0.6 is 0 Å². The number of carboxylic acid groups (broad SMARTS) is 1. The van der Waals surface area contributed by atoms with Crippen LogP contribution in [0.3, 0.4) is 0 Å². The average Bonchev–Trinajstić information content (AvgIpc) is 2.05. The number of allylic oxidation sites excluding steroid dienone is 1. The van der Waals surface area contributed by atoms with Crippen molar-refractivity contribution in [3.8, 4) is 0 Å². The Labute approximate surface area is 78.1 Å². The van der Waals surface area contributed by atoms with Crippen LogP contribution in [0.4, 0.5) is 0 Å². The van der Waals surface area contributed by atoms with Gasteiger partial charge < -0.3 is 10.8 Å². The van der Waals surface area contributed by atoms with Crippen molar-refractivity contribution in [2.75, 3.05) is 6.54 Å². The normalized spacial score (nSPS) is 13.8. The van der Waals surface area contributed by atoms with E-state index in [0.29, 0.717) is 12.2 Å². The summed E-state index contributed by atoms with van der Waals surface area (Å²) in [6.45, 7) is 5.81. The van der Waals surface area contributed by atoms with Gasteiger partial charge in [-0.05, 0) is 6.42 Å². The lowest BCUT2D eigenvalue weighted by Gasteiger charge is -2.13. The maximum Gasteiger partial charge on any atom is 0.326 e. The molecule has 1 atom stereocenters. The van der Waals surface area contributed by atoms with Gasteiger partial charge in [0, 0.05) is 12.2 Å². The van der Waals surface area contributed by atoms with Crippen LogP contribution in [0.25, 0.3) is 0 Å². The van der Waals surface area contributed by atoms with Crippen LogP contribution in [0.1, 0.15) is 13.3 Å². The monoisotopic (exact) mass is 184 g/mol. The Morgan fingerprint density at radius 1 is 1.77 bits per heavy atom. The predicted octanol–water partition coefficient (Wildman–Crippen LogP) is 0.468. The minimum atomic E-state index is -0.968. The third kappa shape index (κ3) is 4.32. The number of nitrogens with two attached hydrogens (primary N) is 1. The van der Waals surface area contributed by atoms with Gasteiger partial charge in [-0.2, -0.15) is 0 Å². The number of hydrogen-bond acceptors (Lipinski definition) is 3. The fourth-order valence-corrected chi connectivity index (χ4v) is 0.902. The van der Waals surface area contributed by atoms with Crippen LogP contribution in [0, 0.1) is 0 Å². The molecule has 0 amide bonds. The Balaban J connectivity index is 4.32. The molecule has 0 radical (unpaired) electrons. The van der Waals surface area contributed by atoms with Crippen molar-refractivity contribution in [1.82, 2.24) is 5.32 Å². The van der Waals surface area contributed by atoms with Gasteiger partial charge in [0.1, 0.15) is 6.04 Å². The van der Waals surface area contributed by atoms with Gasteiger partial charge in [0.2, 0.25) is 0 Å². The second-order valence-electron chi connectivity index (χ2n) is 2.58. The van der Waals surface area contributed by atoms with Crippen molar-refractivity contribution in [1.29, 1.82) is 0 Å². The maximum absolute atomic E-state index is 10.7. The molecule has 0 aromatic carbocycles. The zero-order valence-electron chi connectivity index (χ0n) is 7.79. The van der Waals surface area contributed by atoms with Crippen LogP contribution in [-0.2, 0) is 4.79 Å². The van der Waals surface area contributed by atoms with Gasteiger partial charge in [0.05, 0.1) is 0 Å². The van der Waals surface area contributed by atoms with E-state index in [1.165, 1.54) is 0 Å². The zero-order valence-corrected chi connectivity index (χ0v) is 7.79. The lowest BCUT2D eigenvalue weighted by molar-refractivity contribution is -0.138. The van der Waals surface area contributed by atoms with Gasteiger partial charge >= 0.3 is 5.97 Å². The maximum atomic E-state index is 10.7. The molecule has 0 aromatic rings. The number of hydrogen-bond donors (Lipinski definition) is 3. The Morgan fingerprint density at radius 3 is 2.77 bits per heavy atom. The molecular weight excluding hydrogens is 168 g/mol. The molecule has 0 aromatic heterocycles. The quantitative estimate of drug-likeness (QED) is 0.524. The molecule has 4 N–H and O–H groups in total. The summed E-state index contributed by atoms with van der Waals surface area (Å²) in [7, 11) is 0. The van der Waals surface area contributed by atoms with Gasteiger partial charge in [0.25, 0.3) is 0 Å². The first-order valence-electron chi connectivity index (χ1n) is 4.16. The Morgan fingerprint density at radius 2 is 2.38 bits per heavy atom. The highest BCUT2D eigenvalue weighted by molar-refractivity contribution is 5.77. The predicted molar refractivity (Wildman–Crippen MR) is 52.2 cm³/mol. The van der Waals surface area contributed by atoms with Crippen molar-refractivity contribution in [3.05, 3.63) is 24.4 Å². The zero-order chi connectivity index (χ0) is 10.3. The van der Waals surface area contributed by atoms with Crippen LogP contribution < -0.4 is 11.1 Å². The van der Waals surface area contributed by atoms with Crippen LogP contribution in [0.15, 0.2) is 24.4 Å². The topological polar surface area (TPSA) is 75.3 Å².